The van der Waals surface area contributed by atoms with Crippen LogP contribution < -0.4 is 11.1 Å². The summed E-state index contributed by atoms with van der Waals surface area (Å²) in [6.07, 6.45) is 0. The summed E-state index contributed by atoms with van der Waals surface area (Å²) in [6.45, 7) is 0. The number of carbonyl (C=O) groups is 5. The van der Waals surface area contributed by atoms with Gasteiger partial charge in [0.15, 0.2) is 0 Å². The molecule has 1 unspecified atom stereocenters. The van der Waals surface area contributed by atoms with Crippen molar-refractivity contribution in [3.05, 3.63) is 21.1 Å². The second-order valence-electron chi connectivity index (χ2n) is 6.93. The van der Waals surface area contributed by atoms with Crippen molar-refractivity contribution < 1.29 is 34.2 Å². The maximum atomic E-state index is 12.8. The first-order valence-corrected chi connectivity index (χ1v) is 13.1. The van der Waals surface area contributed by atoms with Crippen LogP contribution in [0.3, 0.4) is 0 Å². The molecule has 18 heteroatoms. The van der Waals surface area contributed by atoms with Crippen molar-refractivity contribution in [1.29, 1.82) is 0 Å². The van der Waals surface area contributed by atoms with Gasteiger partial charge in [0.1, 0.15) is 27.3 Å². The van der Waals surface area contributed by atoms with Crippen LogP contribution in [0.1, 0.15) is 0 Å². The highest BCUT2D eigenvalue weighted by atomic mass is 32.3. The molecule has 3 amide bonds. The van der Waals surface area contributed by atoms with E-state index in [2.05, 4.69) is 20.8 Å². The number of β-lactam (4-membered cyclic amide) rings is 1. The van der Waals surface area contributed by atoms with Gasteiger partial charge in [0, 0.05) is 18.6 Å². The molecule has 0 saturated carbocycles. The molecule has 4 heterocycles. The van der Waals surface area contributed by atoms with Gasteiger partial charge in [-0.15, -0.1) is 16.9 Å². The minimum atomic E-state index is -1.48. The second kappa shape index (κ2) is 9.51. The van der Waals surface area contributed by atoms with E-state index >= 15 is 0 Å². The number of rotatable bonds is 8. The van der Waals surface area contributed by atoms with E-state index in [1.165, 1.54) is 28.2 Å². The number of aliphatic carboxylic acids is 2. The summed E-state index contributed by atoms with van der Waals surface area (Å²) in [5, 5.41) is 32.4. The fraction of sp³-hybridized carbons (Fsp3) is 0.375. The van der Waals surface area contributed by atoms with Crippen LogP contribution in [-0.2, 0) is 31.0 Å². The summed E-state index contributed by atoms with van der Waals surface area (Å²) >= 11 is 4.28. The number of aromatic nitrogens is 4. The van der Waals surface area contributed by atoms with Gasteiger partial charge in [-0.05, 0) is 16.0 Å². The number of fused-ring (bicyclic) bond motifs is 1. The number of hydrogen-bond acceptors (Lipinski definition) is 12. The predicted molar refractivity (Wildman–Crippen MR) is 122 cm³/mol. The second-order valence-corrected chi connectivity index (χ2v) is 11.8. The first-order chi connectivity index (χ1) is 16.1. The highest BCUT2D eigenvalue weighted by Gasteiger charge is 2.55. The number of primary amides is 1. The van der Waals surface area contributed by atoms with Crippen LogP contribution in [0.25, 0.3) is 0 Å². The normalized spacial score (nSPS) is 23.6. The van der Waals surface area contributed by atoms with Gasteiger partial charge >= 0.3 is 11.9 Å². The van der Waals surface area contributed by atoms with Crippen LogP contribution in [0.2, 0.25) is 0 Å². The maximum Gasteiger partial charge on any atom is 0.352 e. The van der Waals surface area contributed by atoms with E-state index in [4.69, 9.17) is 10.8 Å². The molecule has 0 bridgehead atoms. The van der Waals surface area contributed by atoms with Crippen LogP contribution in [0, 0.1) is 0 Å². The standard InChI is InChI=1S/C16H15N7O7S4/c1-22-16(19-20-21-22)32-3-4-2-31-11-6(10(26)23(11)7(4)13(29)30)18-9(25)15-33-14(34-15)5(8(17)24)12(27)28/h6,11,15H,2-3H2,1H3,(H2,17,24)(H,18,25)(H,27,28)(H,29,30)/t6-,11?,15?/m1/s1. The Labute approximate surface area is 207 Å². The van der Waals surface area contributed by atoms with Gasteiger partial charge in [-0.2, -0.15) is 0 Å². The number of carbonyl (C=O) groups excluding carboxylic acids is 3. The lowest BCUT2D eigenvalue weighted by Crippen LogP contribution is -2.71. The Morgan fingerprint density at radius 1 is 1.26 bits per heavy atom. The Hall–Kier alpha value is -2.70. The lowest BCUT2D eigenvalue weighted by molar-refractivity contribution is -0.150. The van der Waals surface area contributed by atoms with E-state index in [0.717, 1.165) is 28.4 Å². The van der Waals surface area contributed by atoms with Gasteiger partial charge in [-0.1, -0.05) is 35.3 Å². The molecule has 2 atom stereocenters. The minimum Gasteiger partial charge on any atom is -0.477 e. The number of carboxylic acids is 2. The number of nitrogens with two attached hydrogens (primary N) is 1. The molecule has 0 aromatic carbocycles. The molecule has 1 aromatic rings. The number of nitrogens with one attached hydrogen (secondary N) is 1. The lowest BCUT2D eigenvalue weighted by atomic mass is 10.0. The van der Waals surface area contributed by atoms with Crippen molar-refractivity contribution in [1.82, 2.24) is 30.4 Å². The molecular formula is C16H15N7O7S4. The Morgan fingerprint density at radius 2 is 1.97 bits per heavy atom. The van der Waals surface area contributed by atoms with Crippen molar-refractivity contribution in [3.63, 3.8) is 0 Å². The average molecular weight is 546 g/mol. The number of nitrogens with zero attached hydrogens (tertiary/aromatic N) is 5. The highest BCUT2D eigenvalue weighted by Crippen LogP contribution is 2.53. The molecule has 2 saturated heterocycles. The van der Waals surface area contributed by atoms with Crippen LogP contribution in [0.5, 0.6) is 0 Å². The molecule has 1 aromatic heterocycles. The van der Waals surface area contributed by atoms with Crippen molar-refractivity contribution in [3.8, 4) is 0 Å². The maximum absolute atomic E-state index is 12.8. The number of carboxylic acid groups (broad SMARTS) is 2. The first-order valence-electron chi connectivity index (χ1n) is 9.26. The average Bonchev–Trinajstić information content (AvgIpc) is 3.15. The third-order valence-electron chi connectivity index (χ3n) is 4.81. The molecule has 4 rings (SSSR count). The van der Waals surface area contributed by atoms with Gasteiger partial charge in [0.2, 0.25) is 11.1 Å². The summed E-state index contributed by atoms with van der Waals surface area (Å²) in [6, 6.07) is -0.923. The fourth-order valence-corrected chi connectivity index (χ4v) is 7.80. The zero-order valence-electron chi connectivity index (χ0n) is 17.0. The van der Waals surface area contributed by atoms with Crippen molar-refractivity contribution in [2.45, 2.75) is 21.2 Å². The predicted octanol–water partition coefficient (Wildman–Crippen LogP) is -1.37. The van der Waals surface area contributed by atoms with Crippen LogP contribution in [0.4, 0.5) is 0 Å². The number of thioether (sulfide) groups is 4. The van der Waals surface area contributed by atoms with Crippen LogP contribution in [0.15, 0.2) is 26.2 Å². The molecule has 180 valence electrons. The fourth-order valence-electron chi connectivity index (χ4n) is 3.23. The zero-order valence-corrected chi connectivity index (χ0v) is 20.3. The van der Waals surface area contributed by atoms with Crippen molar-refractivity contribution in [2.75, 3.05) is 11.5 Å². The summed E-state index contributed by atoms with van der Waals surface area (Å²) in [5.74, 6) is -4.33. The summed E-state index contributed by atoms with van der Waals surface area (Å²) in [7, 11) is 1.65. The third kappa shape index (κ3) is 4.37. The van der Waals surface area contributed by atoms with Gasteiger partial charge < -0.3 is 21.3 Å². The minimum absolute atomic E-state index is 0.116. The van der Waals surface area contributed by atoms with E-state index in [-0.39, 0.29) is 15.7 Å². The summed E-state index contributed by atoms with van der Waals surface area (Å²) in [5.41, 5.74) is 4.88. The van der Waals surface area contributed by atoms with Gasteiger partial charge in [-0.25, -0.2) is 14.3 Å². The quantitative estimate of drug-likeness (QED) is 0.0976. The van der Waals surface area contributed by atoms with E-state index < -0.39 is 51.2 Å². The van der Waals surface area contributed by atoms with E-state index in [1.54, 1.807) is 7.05 Å². The molecule has 3 aliphatic rings. The number of tetrazole rings is 1. The molecule has 14 nitrogen and oxygen atoms in total. The number of aryl methyl sites for hydroxylation is 1. The van der Waals surface area contributed by atoms with Crippen molar-refractivity contribution >= 4 is 76.7 Å². The number of amides is 3. The van der Waals surface area contributed by atoms with E-state index in [1.807, 2.05) is 0 Å². The highest BCUT2D eigenvalue weighted by molar-refractivity contribution is 8.39. The molecule has 0 aliphatic carbocycles. The Morgan fingerprint density at radius 3 is 2.53 bits per heavy atom. The topological polar surface area (TPSA) is 211 Å². The monoisotopic (exact) mass is 545 g/mol. The largest absolute Gasteiger partial charge is 0.477 e. The van der Waals surface area contributed by atoms with Gasteiger partial charge in [0.25, 0.3) is 11.8 Å². The Balaban J connectivity index is 1.41. The smallest absolute Gasteiger partial charge is 0.352 e. The molecular weight excluding hydrogens is 530 g/mol. The Bertz CT molecular complexity index is 1160. The molecule has 2 fully saturated rings. The van der Waals surface area contributed by atoms with Crippen molar-refractivity contribution in [2.24, 2.45) is 12.8 Å². The van der Waals surface area contributed by atoms with Crippen LogP contribution >= 0.6 is 47.0 Å². The molecule has 5 N–H and O–H groups in total. The molecule has 0 spiro atoms. The SMILES string of the molecule is Cn1nnnc1SCC1=C(C(=O)O)N2C(=O)[C@@H](NC(=O)C3SC(=C(C(N)=O)C(=O)O)S3)C2SC1. The van der Waals surface area contributed by atoms with Gasteiger partial charge in [-0.3, -0.25) is 19.3 Å². The number of hydrogen-bond donors (Lipinski definition) is 4. The molecule has 34 heavy (non-hydrogen) atoms. The zero-order chi connectivity index (χ0) is 24.7. The first kappa shape index (κ1) is 24.4. The summed E-state index contributed by atoms with van der Waals surface area (Å²) < 4.78 is 0.802. The molecule has 3 aliphatic heterocycles. The van der Waals surface area contributed by atoms with Gasteiger partial charge in [0.05, 0.1) is 4.24 Å². The van der Waals surface area contributed by atoms with Crippen LogP contribution in [-0.4, -0.2) is 92.5 Å². The van der Waals surface area contributed by atoms with E-state index in [0.29, 0.717) is 16.5 Å². The summed E-state index contributed by atoms with van der Waals surface area (Å²) in [4.78, 5) is 60.8. The third-order valence-corrected chi connectivity index (χ3v) is 10.1. The molecule has 0 radical (unpaired) electrons. The Kier molecular flexibility index (Phi) is 6.83. The lowest BCUT2D eigenvalue weighted by Gasteiger charge is -2.49. The van der Waals surface area contributed by atoms with E-state index in [9.17, 15) is 29.1 Å².